The van der Waals surface area contributed by atoms with Gasteiger partial charge in [0.15, 0.2) is 5.78 Å². The van der Waals surface area contributed by atoms with E-state index in [1.807, 2.05) is 17.0 Å². The van der Waals surface area contributed by atoms with Crippen molar-refractivity contribution in [1.29, 1.82) is 0 Å². The maximum atomic E-state index is 12.5. The van der Waals surface area contributed by atoms with E-state index in [1.165, 1.54) is 0 Å². The summed E-state index contributed by atoms with van der Waals surface area (Å²) in [6, 6.07) is 7.15. The van der Waals surface area contributed by atoms with E-state index in [1.54, 1.807) is 23.2 Å². The predicted molar refractivity (Wildman–Crippen MR) is 95.4 cm³/mol. The third-order valence-electron chi connectivity index (χ3n) is 5.15. The van der Waals surface area contributed by atoms with Crippen molar-refractivity contribution in [3.05, 3.63) is 47.3 Å². The normalized spacial score (nSPS) is 20.0. The second-order valence-electron chi connectivity index (χ2n) is 6.75. The van der Waals surface area contributed by atoms with Crippen molar-refractivity contribution in [3.8, 4) is 5.75 Å². The van der Waals surface area contributed by atoms with Gasteiger partial charge in [-0.25, -0.2) is 9.97 Å². The van der Waals surface area contributed by atoms with E-state index in [0.717, 1.165) is 17.7 Å². The number of para-hydroxylation sites is 1. The summed E-state index contributed by atoms with van der Waals surface area (Å²) in [4.78, 5) is 36.2. The molecule has 1 fully saturated rings. The van der Waals surface area contributed by atoms with E-state index >= 15 is 0 Å². The lowest BCUT2D eigenvalue weighted by Crippen LogP contribution is -2.46. The molecule has 26 heavy (non-hydrogen) atoms. The van der Waals surface area contributed by atoms with Crippen LogP contribution in [-0.2, 0) is 11.2 Å². The van der Waals surface area contributed by atoms with E-state index in [9.17, 15) is 14.7 Å². The number of aromatic hydroxyl groups is 1. The van der Waals surface area contributed by atoms with Gasteiger partial charge in [-0.15, -0.1) is 0 Å². The van der Waals surface area contributed by atoms with Gasteiger partial charge in [0.1, 0.15) is 5.75 Å². The fourth-order valence-corrected chi connectivity index (χ4v) is 3.67. The molecule has 4 rings (SSSR count). The SMILES string of the molecule is O=CN1CCN(c2ncc3c(n2)C[C@@H](c2ccccc2O)CC3=O)CC1. The number of Topliss-reactive ketones (excluding diaryl/α,β-unsaturated/α-hetero) is 1. The molecule has 1 aliphatic heterocycles. The van der Waals surface area contributed by atoms with Crippen LogP contribution in [0.15, 0.2) is 30.5 Å². The zero-order chi connectivity index (χ0) is 18.1. The predicted octanol–water partition coefficient (Wildman–Crippen LogP) is 1.37. The summed E-state index contributed by atoms with van der Waals surface area (Å²) in [5, 5.41) is 10.1. The third-order valence-corrected chi connectivity index (χ3v) is 5.15. The number of hydrogen-bond donors (Lipinski definition) is 1. The largest absolute Gasteiger partial charge is 0.508 e. The molecule has 1 aromatic heterocycles. The molecular weight excluding hydrogens is 332 g/mol. The molecule has 1 aliphatic carbocycles. The van der Waals surface area contributed by atoms with Crippen molar-refractivity contribution < 1.29 is 14.7 Å². The highest BCUT2D eigenvalue weighted by atomic mass is 16.3. The van der Waals surface area contributed by atoms with Crippen LogP contribution >= 0.6 is 0 Å². The number of phenols is 1. The minimum absolute atomic E-state index is 0.0110. The van der Waals surface area contributed by atoms with Gasteiger partial charge in [-0.2, -0.15) is 0 Å². The van der Waals surface area contributed by atoms with Crippen LogP contribution < -0.4 is 4.90 Å². The van der Waals surface area contributed by atoms with Gasteiger partial charge in [-0.05, 0) is 18.1 Å². The van der Waals surface area contributed by atoms with Crippen LogP contribution in [0.3, 0.4) is 0 Å². The van der Waals surface area contributed by atoms with Crippen LogP contribution in [0.1, 0.15) is 34.0 Å². The number of amides is 1. The first-order valence-corrected chi connectivity index (χ1v) is 8.77. The Balaban J connectivity index is 1.59. The fourth-order valence-electron chi connectivity index (χ4n) is 3.67. The van der Waals surface area contributed by atoms with Crippen molar-refractivity contribution in [3.63, 3.8) is 0 Å². The number of nitrogens with zero attached hydrogens (tertiary/aromatic N) is 4. The number of carbonyl (C=O) groups is 2. The topological polar surface area (TPSA) is 86.6 Å². The molecular formula is C19H20N4O3. The molecule has 1 atom stereocenters. The van der Waals surface area contributed by atoms with Crippen LogP contribution in [0.25, 0.3) is 0 Å². The molecule has 2 aliphatic rings. The van der Waals surface area contributed by atoms with Crippen LogP contribution in [-0.4, -0.2) is 58.3 Å². The fraction of sp³-hybridized carbons (Fsp3) is 0.368. The number of benzene rings is 1. The van der Waals surface area contributed by atoms with E-state index < -0.39 is 0 Å². The number of rotatable bonds is 3. The van der Waals surface area contributed by atoms with E-state index in [4.69, 9.17) is 0 Å². The first-order valence-electron chi connectivity index (χ1n) is 8.77. The molecule has 1 N–H and O–H groups in total. The van der Waals surface area contributed by atoms with E-state index in [0.29, 0.717) is 50.5 Å². The van der Waals surface area contributed by atoms with Gasteiger partial charge in [0, 0.05) is 44.7 Å². The minimum Gasteiger partial charge on any atom is -0.508 e. The summed E-state index contributed by atoms with van der Waals surface area (Å²) in [6.07, 6.45) is 3.43. The summed E-state index contributed by atoms with van der Waals surface area (Å²) in [5.41, 5.74) is 2.09. The summed E-state index contributed by atoms with van der Waals surface area (Å²) >= 11 is 0. The van der Waals surface area contributed by atoms with E-state index in [-0.39, 0.29) is 17.5 Å². The monoisotopic (exact) mass is 352 g/mol. The highest BCUT2D eigenvalue weighted by Gasteiger charge is 2.30. The number of fused-ring (bicyclic) bond motifs is 1. The van der Waals surface area contributed by atoms with Crippen molar-refractivity contribution >= 4 is 18.1 Å². The first-order chi connectivity index (χ1) is 12.7. The van der Waals surface area contributed by atoms with Gasteiger partial charge < -0.3 is 14.9 Å². The number of carbonyl (C=O) groups excluding carboxylic acids is 2. The van der Waals surface area contributed by atoms with Crippen molar-refractivity contribution in [2.24, 2.45) is 0 Å². The van der Waals surface area contributed by atoms with Gasteiger partial charge in [0.2, 0.25) is 12.4 Å². The van der Waals surface area contributed by atoms with E-state index in [2.05, 4.69) is 9.97 Å². The van der Waals surface area contributed by atoms with Crippen molar-refractivity contribution in [2.75, 3.05) is 31.1 Å². The third kappa shape index (κ3) is 3.00. The molecule has 2 heterocycles. The molecule has 0 spiro atoms. The van der Waals surface area contributed by atoms with Gasteiger partial charge in [-0.3, -0.25) is 9.59 Å². The lowest BCUT2D eigenvalue weighted by Gasteiger charge is -2.33. The van der Waals surface area contributed by atoms with Crippen LogP contribution in [0.2, 0.25) is 0 Å². The van der Waals surface area contributed by atoms with Crippen molar-refractivity contribution in [2.45, 2.75) is 18.8 Å². The van der Waals surface area contributed by atoms with Crippen LogP contribution in [0.5, 0.6) is 5.75 Å². The summed E-state index contributed by atoms with van der Waals surface area (Å²) in [6.45, 7) is 2.63. The number of anilines is 1. The Morgan fingerprint density at radius 1 is 1.12 bits per heavy atom. The molecule has 0 saturated carbocycles. The second kappa shape index (κ2) is 6.74. The van der Waals surface area contributed by atoms with Gasteiger partial charge in [0.05, 0.1) is 11.3 Å². The second-order valence-corrected chi connectivity index (χ2v) is 6.75. The average molecular weight is 352 g/mol. The molecule has 1 aromatic carbocycles. The number of hydrogen-bond acceptors (Lipinski definition) is 6. The molecule has 7 heteroatoms. The maximum Gasteiger partial charge on any atom is 0.225 e. The first kappa shape index (κ1) is 16.5. The lowest BCUT2D eigenvalue weighted by molar-refractivity contribution is -0.118. The van der Waals surface area contributed by atoms with Crippen LogP contribution in [0, 0.1) is 0 Å². The standard InChI is InChI=1S/C19H20N4O3/c24-12-22-5-7-23(8-6-22)19-20-11-15-16(21-19)9-13(10-18(15)26)14-3-1-2-4-17(14)25/h1-4,11-13,25H,5-10H2/t13-/m1/s1. The summed E-state index contributed by atoms with van der Waals surface area (Å²) < 4.78 is 0. The van der Waals surface area contributed by atoms with Gasteiger partial charge in [-0.1, -0.05) is 18.2 Å². The molecule has 1 saturated heterocycles. The number of ketones is 1. The number of piperazine rings is 1. The zero-order valence-electron chi connectivity index (χ0n) is 14.3. The minimum atomic E-state index is -0.0779. The Hall–Kier alpha value is -2.96. The molecule has 0 radical (unpaired) electrons. The Bertz CT molecular complexity index is 846. The van der Waals surface area contributed by atoms with Gasteiger partial charge >= 0.3 is 0 Å². The maximum absolute atomic E-state index is 12.5. The Morgan fingerprint density at radius 3 is 2.62 bits per heavy atom. The molecule has 1 amide bonds. The number of aromatic nitrogens is 2. The molecule has 2 aromatic rings. The Kier molecular flexibility index (Phi) is 4.28. The molecule has 134 valence electrons. The van der Waals surface area contributed by atoms with Gasteiger partial charge in [0.25, 0.3) is 0 Å². The summed E-state index contributed by atoms with van der Waals surface area (Å²) in [7, 11) is 0. The van der Waals surface area contributed by atoms with Crippen molar-refractivity contribution in [1.82, 2.24) is 14.9 Å². The van der Waals surface area contributed by atoms with Crippen LogP contribution in [0.4, 0.5) is 5.95 Å². The smallest absolute Gasteiger partial charge is 0.225 e. The number of phenolic OH excluding ortho intramolecular Hbond substituents is 1. The zero-order valence-corrected chi connectivity index (χ0v) is 14.3. The summed E-state index contributed by atoms with van der Waals surface area (Å²) in [5.74, 6) is 0.746. The Morgan fingerprint density at radius 2 is 1.88 bits per heavy atom. The molecule has 0 bridgehead atoms. The average Bonchev–Trinajstić information content (AvgIpc) is 2.68. The highest BCUT2D eigenvalue weighted by Crippen LogP contribution is 2.36. The molecule has 7 nitrogen and oxygen atoms in total. The Labute approximate surface area is 151 Å². The quantitative estimate of drug-likeness (QED) is 0.840. The highest BCUT2D eigenvalue weighted by molar-refractivity contribution is 5.98. The molecule has 0 unspecified atom stereocenters. The lowest BCUT2D eigenvalue weighted by atomic mass is 9.82.